The number of thioether (sulfide) groups is 1. The molecular weight excluding hydrogens is 446 g/mol. The third-order valence-electron chi connectivity index (χ3n) is 4.05. The smallest absolute Gasteiger partial charge is 0.196 e. The zero-order valence-corrected chi connectivity index (χ0v) is 16.8. The topological polar surface area (TPSA) is 43.6 Å². The van der Waals surface area contributed by atoms with Gasteiger partial charge in [-0.25, -0.2) is 8.78 Å². The average Bonchev–Trinajstić information content (AvgIpc) is 3.13. The molecule has 140 valence electrons. The minimum atomic E-state index is -0.574. The first-order chi connectivity index (χ1) is 13.6. The summed E-state index contributed by atoms with van der Waals surface area (Å²) in [5.74, 6) is -0.448. The van der Waals surface area contributed by atoms with Crippen LogP contribution < -0.4 is 0 Å². The van der Waals surface area contributed by atoms with Crippen LogP contribution in [-0.2, 0) is 5.75 Å². The Labute approximate surface area is 172 Å². The molecule has 8 heteroatoms. The predicted molar refractivity (Wildman–Crippen MR) is 108 cm³/mol. The number of benzene rings is 2. The average molecular weight is 459 g/mol. The van der Waals surface area contributed by atoms with Gasteiger partial charge in [-0.2, -0.15) is 0 Å². The molecule has 4 nitrogen and oxygen atoms in total. The standard InChI is InChI=1S/C20H13BrF2N4S/c21-14-6-8-15(9-7-14)27-19(13-3-2-10-24-11-13)25-26-20(27)28-12-16-17(22)4-1-5-18(16)23/h1-11H,12H2. The molecule has 0 bridgehead atoms. The van der Waals surface area contributed by atoms with E-state index in [2.05, 4.69) is 31.1 Å². The van der Waals surface area contributed by atoms with E-state index in [1.807, 2.05) is 41.0 Å². The highest BCUT2D eigenvalue weighted by atomic mass is 79.9. The van der Waals surface area contributed by atoms with Crippen molar-refractivity contribution in [2.75, 3.05) is 0 Å². The summed E-state index contributed by atoms with van der Waals surface area (Å²) in [6, 6.07) is 15.2. The van der Waals surface area contributed by atoms with Crippen molar-refractivity contribution in [2.45, 2.75) is 10.9 Å². The van der Waals surface area contributed by atoms with Crippen molar-refractivity contribution < 1.29 is 8.78 Å². The van der Waals surface area contributed by atoms with E-state index in [4.69, 9.17) is 0 Å². The van der Waals surface area contributed by atoms with Gasteiger partial charge < -0.3 is 0 Å². The van der Waals surface area contributed by atoms with E-state index in [1.165, 1.54) is 30.0 Å². The fraction of sp³-hybridized carbons (Fsp3) is 0.0500. The van der Waals surface area contributed by atoms with Crippen molar-refractivity contribution in [2.24, 2.45) is 0 Å². The first-order valence-electron chi connectivity index (χ1n) is 8.31. The van der Waals surface area contributed by atoms with Crippen LogP contribution in [0.3, 0.4) is 0 Å². The minimum absolute atomic E-state index is 0.0146. The number of rotatable bonds is 5. The minimum Gasteiger partial charge on any atom is -0.270 e. The Morgan fingerprint density at radius 2 is 1.68 bits per heavy atom. The van der Waals surface area contributed by atoms with E-state index in [1.54, 1.807) is 12.4 Å². The number of halogens is 3. The van der Waals surface area contributed by atoms with Gasteiger partial charge in [-0.3, -0.25) is 9.55 Å². The predicted octanol–water partition coefficient (Wildman–Crippen LogP) is 5.66. The fourth-order valence-corrected chi connectivity index (χ4v) is 3.91. The number of aromatic nitrogens is 4. The zero-order chi connectivity index (χ0) is 19.5. The highest BCUT2D eigenvalue weighted by Gasteiger charge is 2.18. The summed E-state index contributed by atoms with van der Waals surface area (Å²) < 4.78 is 30.8. The Morgan fingerprint density at radius 1 is 0.929 bits per heavy atom. The second-order valence-electron chi connectivity index (χ2n) is 5.85. The molecule has 0 atom stereocenters. The molecule has 4 aromatic rings. The van der Waals surface area contributed by atoms with Gasteiger partial charge in [-0.05, 0) is 48.5 Å². The van der Waals surface area contributed by atoms with Crippen LogP contribution >= 0.6 is 27.7 Å². The van der Waals surface area contributed by atoms with Crippen LogP contribution in [0, 0.1) is 11.6 Å². The zero-order valence-electron chi connectivity index (χ0n) is 14.4. The molecule has 0 amide bonds. The molecule has 0 N–H and O–H groups in total. The third-order valence-corrected chi connectivity index (χ3v) is 5.53. The molecule has 0 aliphatic carbocycles. The number of hydrogen-bond donors (Lipinski definition) is 0. The van der Waals surface area contributed by atoms with Crippen LogP contribution in [0.15, 0.2) is 76.6 Å². The highest BCUT2D eigenvalue weighted by molar-refractivity contribution is 9.10. The monoisotopic (exact) mass is 458 g/mol. The van der Waals surface area contributed by atoms with Gasteiger partial charge in [0.25, 0.3) is 0 Å². The first-order valence-corrected chi connectivity index (χ1v) is 10.1. The molecule has 0 saturated heterocycles. The van der Waals surface area contributed by atoms with E-state index < -0.39 is 11.6 Å². The van der Waals surface area contributed by atoms with Gasteiger partial charge in [0.05, 0.1) is 0 Å². The molecule has 0 radical (unpaired) electrons. The molecule has 0 spiro atoms. The summed E-state index contributed by atoms with van der Waals surface area (Å²) in [7, 11) is 0. The Morgan fingerprint density at radius 3 is 2.36 bits per heavy atom. The second kappa shape index (κ2) is 8.20. The Balaban J connectivity index is 1.75. The highest BCUT2D eigenvalue weighted by Crippen LogP contribution is 2.31. The van der Waals surface area contributed by atoms with Crippen molar-refractivity contribution in [1.82, 2.24) is 19.7 Å². The maximum absolute atomic E-state index is 14.0. The molecule has 2 aromatic carbocycles. The molecule has 4 rings (SSSR count). The van der Waals surface area contributed by atoms with E-state index in [9.17, 15) is 8.78 Å². The number of nitrogens with zero attached hydrogens (tertiary/aromatic N) is 4. The summed E-state index contributed by atoms with van der Waals surface area (Å²) >= 11 is 4.65. The van der Waals surface area contributed by atoms with Crippen molar-refractivity contribution >= 4 is 27.7 Å². The van der Waals surface area contributed by atoms with E-state index in [0.29, 0.717) is 11.0 Å². The van der Waals surface area contributed by atoms with Gasteiger partial charge in [0.2, 0.25) is 0 Å². The van der Waals surface area contributed by atoms with Crippen molar-refractivity contribution in [3.8, 4) is 17.1 Å². The van der Waals surface area contributed by atoms with Crippen molar-refractivity contribution in [3.05, 3.63) is 88.7 Å². The van der Waals surface area contributed by atoms with Gasteiger partial charge >= 0.3 is 0 Å². The lowest BCUT2D eigenvalue weighted by Crippen LogP contribution is -2.00. The van der Waals surface area contributed by atoms with Crippen LogP contribution in [0.25, 0.3) is 17.1 Å². The van der Waals surface area contributed by atoms with Crippen LogP contribution in [0.2, 0.25) is 0 Å². The molecule has 2 heterocycles. The molecule has 0 aliphatic rings. The van der Waals surface area contributed by atoms with Crippen molar-refractivity contribution in [3.63, 3.8) is 0 Å². The maximum atomic E-state index is 14.0. The van der Waals surface area contributed by atoms with Crippen LogP contribution in [-0.4, -0.2) is 19.7 Å². The SMILES string of the molecule is Fc1cccc(F)c1CSc1nnc(-c2cccnc2)n1-c1ccc(Br)cc1. The van der Waals surface area contributed by atoms with Crippen molar-refractivity contribution in [1.29, 1.82) is 0 Å². The van der Waals surface area contributed by atoms with Gasteiger partial charge in [0.1, 0.15) is 11.6 Å². The summed E-state index contributed by atoms with van der Waals surface area (Å²) in [6.45, 7) is 0. The maximum Gasteiger partial charge on any atom is 0.196 e. The fourth-order valence-electron chi connectivity index (χ4n) is 2.68. The first kappa shape index (κ1) is 18.8. The molecule has 0 fully saturated rings. The molecule has 0 unspecified atom stereocenters. The third kappa shape index (κ3) is 3.83. The largest absolute Gasteiger partial charge is 0.270 e. The lowest BCUT2D eigenvalue weighted by molar-refractivity contribution is 0.566. The molecule has 0 saturated carbocycles. The van der Waals surface area contributed by atoms with E-state index in [-0.39, 0.29) is 11.3 Å². The van der Waals surface area contributed by atoms with E-state index in [0.717, 1.165) is 15.7 Å². The number of pyridine rings is 1. The second-order valence-corrected chi connectivity index (χ2v) is 7.71. The molecule has 0 aliphatic heterocycles. The molecular formula is C20H13BrF2N4S. The lowest BCUT2D eigenvalue weighted by Gasteiger charge is -2.11. The van der Waals surface area contributed by atoms with Gasteiger partial charge in [-0.15, -0.1) is 10.2 Å². The normalized spacial score (nSPS) is 11.0. The summed E-state index contributed by atoms with van der Waals surface area (Å²) in [6.07, 6.45) is 3.38. The van der Waals surface area contributed by atoms with Gasteiger partial charge in [0.15, 0.2) is 11.0 Å². The Bertz CT molecular complexity index is 1080. The summed E-state index contributed by atoms with van der Waals surface area (Å²) in [5, 5.41) is 9.08. The number of hydrogen-bond acceptors (Lipinski definition) is 4. The van der Waals surface area contributed by atoms with Gasteiger partial charge in [-0.1, -0.05) is 33.8 Å². The Hall–Kier alpha value is -2.58. The van der Waals surface area contributed by atoms with Crippen LogP contribution in [0.5, 0.6) is 0 Å². The van der Waals surface area contributed by atoms with Gasteiger partial charge in [0, 0.05) is 39.4 Å². The quantitative estimate of drug-likeness (QED) is 0.361. The van der Waals surface area contributed by atoms with Crippen LogP contribution in [0.4, 0.5) is 8.78 Å². The lowest BCUT2D eigenvalue weighted by atomic mass is 10.2. The summed E-state index contributed by atoms with van der Waals surface area (Å²) in [5.41, 5.74) is 1.64. The van der Waals surface area contributed by atoms with Crippen LogP contribution in [0.1, 0.15) is 5.56 Å². The molecule has 28 heavy (non-hydrogen) atoms. The summed E-state index contributed by atoms with van der Waals surface area (Å²) in [4.78, 5) is 4.14. The Kier molecular flexibility index (Phi) is 5.50. The molecule has 2 aromatic heterocycles. The van der Waals surface area contributed by atoms with E-state index >= 15 is 0 Å².